The van der Waals surface area contributed by atoms with E-state index in [0.717, 1.165) is 16.8 Å². The molecular formula is C30H26ClNO2. The van der Waals surface area contributed by atoms with Gasteiger partial charge in [-0.2, -0.15) is 0 Å². The molecule has 0 heterocycles. The molecule has 0 atom stereocenters. The molecule has 0 aliphatic carbocycles. The van der Waals surface area contributed by atoms with Crippen molar-refractivity contribution in [1.82, 2.24) is 0 Å². The second-order valence-electron chi connectivity index (χ2n) is 7.96. The van der Waals surface area contributed by atoms with Crippen LogP contribution in [0, 0.1) is 0 Å². The number of anilines is 1. The van der Waals surface area contributed by atoms with Crippen LogP contribution in [0.5, 0.6) is 0 Å². The van der Waals surface area contributed by atoms with Crippen molar-refractivity contribution in [3.8, 4) is 0 Å². The Morgan fingerprint density at radius 3 is 1.82 bits per heavy atom. The quantitative estimate of drug-likeness (QED) is 0.191. The van der Waals surface area contributed by atoms with Gasteiger partial charge in [0.25, 0.3) is 0 Å². The van der Waals surface area contributed by atoms with Gasteiger partial charge in [-0.05, 0) is 40.5 Å². The molecule has 0 saturated carbocycles. The smallest absolute Gasteiger partial charge is 0.331 e. The summed E-state index contributed by atoms with van der Waals surface area (Å²) in [6.07, 6.45) is 3.21. The topological polar surface area (TPSA) is 29.5 Å². The predicted octanol–water partition coefficient (Wildman–Crippen LogP) is 7.30. The molecule has 34 heavy (non-hydrogen) atoms. The number of rotatable bonds is 9. The minimum Gasteiger partial charge on any atom is -0.458 e. The highest BCUT2D eigenvalue weighted by Crippen LogP contribution is 2.30. The van der Waals surface area contributed by atoms with Crippen molar-refractivity contribution in [2.45, 2.75) is 19.7 Å². The first-order chi connectivity index (χ1) is 16.7. The second kappa shape index (κ2) is 11.9. The molecule has 0 bridgehead atoms. The van der Waals surface area contributed by atoms with Gasteiger partial charge in [0.05, 0.1) is 10.7 Å². The van der Waals surface area contributed by atoms with Crippen molar-refractivity contribution in [3.63, 3.8) is 0 Å². The first kappa shape index (κ1) is 23.3. The van der Waals surface area contributed by atoms with E-state index in [1.807, 2.05) is 84.9 Å². The maximum absolute atomic E-state index is 12.2. The summed E-state index contributed by atoms with van der Waals surface area (Å²) in [4.78, 5) is 14.5. The number of ether oxygens (including phenoxy) is 1. The average Bonchev–Trinajstić information content (AvgIpc) is 2.88. The highest BCUT2D eigenvalue weighted by molar-refractivity contribution is 6.33. The molecule has 3 nitrogen and oxygen atoms in total. The van der Waals surface area contributed by atoms with E-state index in [-0.39, 0.29) is 12.6 Å². The Morgan fingerprint density at radius 1 is 0.735 bits per heavy atom. The van der Waals surface area contributed by atoms with Crippen LogP contribution in [-0.4, -0.2) is 5.97 Å². The Balaban J connectivity index is 1.52. The van der Waals surface area contributed by atoms with Gasteiger partial charge in [-0.1, -0.05) is 109 Å². The van der Waals surface area contributed by atoms with E-state index < -0.39 is 0 Å². The van der Waals surface area contributed by atoms with Crippen LogP contribution in [0.4, 0.5) is 5.69 Å². The Bertz CT molecular complexity index is 1180. The van der Waals surface area contributed by atoms with Gasteiger partial charge in [-0.25, -0.2) is 4.79 Å². The van der Waals surface area contributed by atoms with E-state index in [0.29, 0.717) is 18.1 Å². The van der Waals surface area contributed by atoms with Crippen LogP contribution >= 0.6 is 11.6 Å². The Morgan fingerprint density at radius 2 is 1.26 bits per heavy atom. The van der Waals surface area contributed by atoms with Crippen molar-refractivity contribution in [1.29, 1.82) is 0 Å². The number of carbonyl (C=O) groups excluding carboxylic acids is 1. The van der Waals surface area contributed by atoms with Crippen molar-refractivity contribution in [2.24, 2.45) is 0 Å². The van der Waals surface area contributed by atoms with Crippen molar-refractivity contribution >= 4 is 29.3 Å². The lowest BCUT2D eigenvalue weighted by Crippen LogP contribution is -2.22. The maximum Gasteiger partial charge on any atom is 0.331 e. The lowest BCUT2D eigenvalue weighted by molar-refractivity contribution is -0.138. The van der Waals surface area contributed by atoms with Gasteiger partial charge < -0.3 is 9.64 Å². The van der Waals surface area contributed by atoms with Gasteiger partial charge in [0, 0.05) is 19.2 Å². The van der Waals surface area contributed by atoms with E-state index in [1.165, 1.54) is 17.2 Å². The van der Waals surface area contributed by atoms with Crippen molar-refractivity contribution in [3.05, 3.63) is 143 Å². The molecule has 4 aromatic carbocycles. The molecule has 4 aromatic rings. The minimum atomic E-state index is -0.384. The zero-order chi connectivity index (χ0) is 23.6. The summed E-state index contributed by atoms with van der Waals surface area (Å²) in [6.45, 7) is 1.67. The van der Waals surface area contributed by atoms with Crippen LogP contribution in [0.3, 0.4) is 0 Å². The first-order valence-electron chi connectivity index (χ1n) is 11.2. The molecule has 0 aromatic heterocycles. The number of hydrogen-bond donors (Lipinski definition) is 0. The van der Waals surface area contributed by atoms with Gasteiger partial charge in [0.15, 0.2) is 0 Å². The molecule has 4 rings (SSSR count). The third-order valence-electron chi connectivity index (χ3n) is 5.38. The molecule has 0 amide bonds. The van der Waals surface area contributed by atoms with E-state index in [1.54, 1.807) is 6.08 Å². The molecule has 0 fully saturated rings. The van der Waals surface area contributed by atoms with E-state index >= 15 is 0 Å². The number of nitrogens with zero attached hydrogens (tertiary/aromatic N) is 1. The molecule has 0 aliphatic rings. The maximum atomic E-state index is 12.2. The lowest BCUT2D eigenvalue weighted by atomic mass is 10.1. The molecular weight excluding hydrogens is 442 g/mol. The Kier molecular flexibility index (Phi) is 8.15. The molecule has 0 aliphatic heterocycles. The van der Waals surface area contributed by atoms with Crippen LogP contribution in [0.25, 0.3) is 6.08 Å². The zero-order valence-corrected chi connectivity index (χ0v) is 19.6. The zero-order valence-electron chi connectivity index (χ0n) is 18.8. The largest absolute Gasteiger partial charge is 0.458 e. The first-order valence-corrected chi connectivity index (χ1v) is 11.6. The fourth-order valence-electron chi connectivity index (χ4n) is 3.65. The normalized spacial score (nSPS) is 10.9. The third-order valence-corrected chi connectivity index (χ3v) is 5.70. The molecule has 0 radical (unpaired) electrons. The summed E-state index contributed by atoms with van der Waals surface area (Å²) in [7, 11) is 0. The Hall–Kier alpha value is -3.82. The van der Waals surface area contributed by atoms with Crippen LogP contribution in [0.15, 0.2) is 115 Å². The standard InChI is InChI=1S/C30H26ClNO2/c31-28-18-16-24(17-19-30(33)34-23-27-14-8-3-9-15-27)20-29(28)32(21-25-10-4-1-5-11-25)22-26-12-6-2-7-13-26/h1-20H,21-23H2. The summed E-state index contributed by atoms with van der Waals surface area (Å²) < 4.78 is 5.35. The van der Waals surface area contributed by atoms with E-state index in [2.05, 4.69) is 29.2 Å². The van der Waals surface area contributed by atoms with Crippen LogP contribution < -0.4 is 4.90 Å². The fraction of sp³-hybridized carbons (Fsp3) is 0.100. The molecule has 0 saturated heterocycles. The number of benzene rings is 4. The average molecular weight is 468 g/mol. The molecule has 4 heteroatoms. The number of carbonyl (C=O) groups is 1. The van der Waals surface area contributed by atoms with Gasteiger partial charge >= 0.3 is 5.97 Å². The van der Waals surface area contributed by atoms with Crippen LogP contribution in [0.1, 0.15) is 22.3 Å². The minimum absolute atomic E-state index is 0.248. The highest BCUT2D eigenvalue weighted by atomic mass is 35.5. The summed E-state index contributed by atoms with van der Waals surface area (Å²) >= 11 is 6.65. The van der Waals surface area contributed by atoms with Crippen molar-refractivity contribution in [2.75, 3.05) is 4.90 Å². The summed E-state index contributed by atoms with van der Waals surface area (Å²) in [6, 6.07) is 36.0. The van der Waals surface area contributed by atoms with Gasteiger partial charge in [-0.3, -0.25) is 0 Å². The van der Waals surface area contributed by atoms with Gasteiger partial charge in [0.1, 0.15) is 6.61 Å². The summed E-state index contributed by atoms with van der Waals surface area (Å²) in [5.41, 5.74) is 5.13. The predicted molar refractivity (Wildman–Crippen MR) is 139 cm³/mol. The summed E-state index contributed by atoms with van der Waals surface area (Å²) in [5, 5.41) is 0.663. The molecule has 0 N–H and O–H groups in total. The molecule has 0 unspecified atom stereocenters. The number of halogens is 1. The molecule has 0 spiro atoms. The monoisotopic (exact) mass is 467 g/mol. The second-order valence-corrected chi connectivity index (χ2v) is 8.37. The summed E-state index contributed by atoms with van der Waals surface area (Å²) in [5.74, 6) is -0.384. The van der Waals surface area contributed by atoms with Gasteiger partial charge in [0.2, 0.25) is 0 Å². The van der Waals surface area contributed by atoms with Crippen LogP contribution in [-0.2, 0) is 29.2 Å². The SMILES string of the molecule is O=C(C=Cc1ccc(Cl)c(N(Cc2ccccc2)Cc2ccccc2)c1)OCc1ccccc1. The lowest BCUT2D eigenvalue weighted by Gasteiger charge is -2.26. The third kappa shape index (κ3) is 6.84. The Labute approximate surface area is 205 Å². The highest BCUT2D eigenvalue weighted by Gasteiger charge is 2.13. The fourth-order valence-corrected chi connectivity index (χ4v) is 3.89. The van der Waals surface area contributed by atoms with E-state index in [4.69, 9.17) is 16.3 Å². The van der Waals surface area contributed by atoms with Gasteiger partial charge in [-0.15, -0.1) is 0 Å². The van der Waals surface area contributed by atoms with Crippen LogP contribution in [0.2, 0.25) is 5.02 Å². The number of esters is 1. The number of hydrogen-bond acceptors (Lipinski definition) is 3. The van der Waals surface area contributed by atoms with Crippen molar-refractivity contribution < 1.29 is 9.53 Å². The molecule has 170 valence electrons. The van der Waals surface area contributed by atoms with E-state index in [9.17, 15) is 4.79 Å².